The van der Waals surface area contributed by atoms with Crippen LogP contribution >= 0.6 is 11.3 Å². The fraction of sp³-hybridized carbons (Fsp3) is 0.727. The highest BCUT2D eigenvalue weighted by atomic mass is 32.1. The Morgan fingerprint density at radius 2 is 2.14 bits per heavy atom. The van der Waals surface area contributed by atoms with Gasteiger partial charge in [-0.15, -0.1) is 11.3 Å². The van der Waals surface area contributed by atoms with Crippen molar-refractivity contribution < 1.29 is 0 Å². The number of aryl methyl sites for hydroxylation is 1. The summed E-state index contributed by atoms with van der Waals surface area (Å²) in [6.45, 7) is 7.27. The summed E-state index contributed by atoms with van der Waals surface area (Å²) in [7, 11) is 0. The maximum Gasteiger partial charge on any atom is 0.0931 e. The van der Waals surface area contributed by atoms with Gasteiger partial charge in [0.15, 0.2) is 0 Å². The van der Waals surface area contributed by atoms with Crippen molar-refractivity contribution in [2.75, 3.05) is 0 Å². The zero-order chi connectivity index (χ0) is 10.6. The maximum atomic E-state index is 5.71. The quantitative estimate of drug-likeness (QED) is 0.815. The van der Waals surface area contributed by atoms with Crippen molar-refractivity contribution in [3.63, 3.8) is 0 Å². The Morgan fingerprint density at radius 1 is 1.43 bits per heavy atom. The highest BCUT2D eigenvalue weighted by molar-refractivity contribution is 7.11. The third kappa shape index (κ3) is 3.07. The Hall–Kier alpha value is -0.410. The molecule has 2 nitrogen and oxygen atoms in total. The van der Waals surface area contributed by atoms with Gasteiger partial charge in [-0.05, 0) is 25.2 Å². The summed E-state index contributed by atoms with van der Waals surface area (Å²) in [6, 6.07) is 0. The van der Waals surface area contributed by atoms with Gasteiger partial charge in [-0.25, -0.2) is 4.98 Å². The fourth-order valence-electron chi connectivity index (χ4n) is 1.46. The van der Waals surface area contributed by atoms with Crippen LogP contribution in [0.4, 0.5) is 0 Å². The van der Waals surface area contributed by atoms with E-state index in [1.54, 1.807) is 11.3 Å². The average Bonchev–Trinajstić information content (AvgIpc) is 2.47. The van der Waals surface area contributed by atoms with Crippen LogP contribution in [0.1, 0.15) is 42.8 Å². The van der Waals surface area contributed by atoms with Crippen LogP contribution in [0.3, 0.4) is 0 Å². The molecular formula is C11H20N2S. The van der Waals surface area contributed by atoms with E-state index in [1.165, 1.54) is 22.0 Å². The van der Waals surface area contributed by atoms with E-state index in [4.69, 9.17) is 5.73 Å². The van der Waals surface area contributed by atoms with E-state index in [0.29, 0.717) is 12.5 Å². The van der Waals surface area contributed by atoms with Crippen molar-refractivity contribution in [1.82, 2.24) is 4.98 Å². The second-order valence-electron chi connectivity index (χ2n) is 4.03. The number of hydrogen-bond acceptors (Lipinski definition) is 3. The number of rotatable bonds is 5. The minimum atomic E-state index is 0.642. The van der Waals surface area contributed by atoms with Gasteiger partial charge >= 0.3 is 0 Å². The fourth-order valence-corrected chi connectivity index (χ4v) is 2.54. The third-order valence-corrected chi connectivity index (χ3v) is 3.25. The van der Waals surface area contributed by atoms with Gasteiger partial charge in [-0.2, -0.15) is 0 Å². The van der Waals surface area contributed by atoms with Crippen LogP contribution in [0.2, 0.25) is 0 Å². The molecule has 0 spiro atoms. The molecule has 80 valence electrons. The second-order valence-corrected chi connectivity index (χ2v) is 5.20. The molecule has 0 bridgehead atoms. The number of thiazole rings is 1. The number of nitrogens with two attached hydrogens (primary N) is 1. The molecule has 0 radical (unpaired) electrons. The summed E-state index contributed by atoms with van der Waals surface area (Å²) in [4.78, 5) is 5.93. The molecule has 0 atom stereocenters. The minimum Gasteiger partial charge on any atom is -0.326 e. The Morgan fingerprint density at radius 3 is 2.64 bits per heavy atom. The topological polar surface area (TPSA) is 38.9 Å². The predicted octanol–water partition coefficient (Wildman–Crippen LogP) is 2.75. The molecule has 1 aromatic rings. The first-order valence-electron chi connectivity index (χ1n) is 5.34. The lowest BCUT2D eigenvalue weighted by Crippen LogP contribution is -2.02. The minimum absolute atomic E-state index is 0.642. The van der Waals surface area contributed by atoms with Crippen LogP contribution in [0.15, 0.2) is 0 Å². The van der Waals surface area contributed by atoms with E-state index in [1.807, 2.05) is 0 Å². The summed E-state index contributed by atoms with van der Waals surface area (Å²) < 4.78 is 0. The molecular weight excluding hydrogens is 192 g/mol. The van der Waals surface area contributed by atoms with Crippen LogP contribution in [0.5, 0.6) is 0 Å². The van der Waals surface area contributed by atoms with Gasteiger partial charge in [0.2, 0.25) is 0 Å². The first-order chi connectivity index (χ1) is 6.67. The van der Waals surface area contributed by atoms with Gasteiger partial charge in [-0.1, -0.05) is 20.8 Å². The summed E-state index contributed by atoms with van der Waals surface area (Å²) in [5, 5.41) is 1.25. The van der Waals surface area contributed by atoms with Crippen LogP contribution < -0.4 is 5.73 Å². The molecule has 1 rings (SSSR count). The summed E-state index contributed by atoms with van der Waals surface area (Å²) in [5.74, 6) is 0.664. The van der Waals surface area contributed by atoms with E-state index in [9.17, 15) is 0 Å². The van der Waals surface area contributed by atoms with Crippen LogP contribution in [0, 0.1) is 5.92 Å². The molecule has 0 saturated heterocycles. The molecule has 0 aliphatic heterocycles. The van der Waals surface area contributed by atoms with E-state index < -0.39 is 0 Å². The predicted molar refractivity (Wildman–Crippen MR) is 62.5 cm³/mol. The van der Waals surface area contributed by atoms with Crippen molar-refractivity contribution in [3.05, 3.63) is 15.6 Å². The number of hydrogen-bond donors (Lipinski definition) is 1. The smallest absolute Gasteiger partial charge is 0.0931 e. The molecule has 0 aromatic carbocycles. The molecule has 2 N–H and O–H groups in total. The van der Waals surface area contributed by atoms with Crippen molar-refractivity contribution in [2.45, 2.75) is 46.6 Å². The van der Waals surface area contributed by atoms with Gasteiger partial charge < -0.3 is 5.73 Å². The van der Waals surface area contributed by atoms with Gasteiger partial charge in [0.25, 0.3) is 0 Å². The van der Waals surface area contributed by atoms with Crippen LogP contribution in [-0.2, 0) is 19.4 Å². The zero-order valence-electron chi connectivity index (χ0n) is 9.34. The van der Waals surface area contributed by atoms with Gasteiger partial charge in [0, 0.05) is 11.4 Å². The van der Waals surface area contributed by atoms with Gasteiger partial charge in [0.05, 0.1) is 10.7 Å². The lowest BCUT2D eigenvalue weighted by molar-refractivity contribution is 0.632. The van der Waals surface area contributed by atoms with Crippen LogP contribution in [-0.4, -0.2) is 4.98 Å². The van der Waals surface area contributed by atoms with Crippen molar-refractivity contribution in [2.24, 2.45) is 11.7 Å². The first-order valence-corrected chi connectivity index (χ1v) is 6.16. The molecule has 14 heavy (non-hydrogen) atoms. The lowest BCUT2D eigenvalue weighted by Gasteiger charge is -2.02. The van der Waals surface area contributed by atoms with E-state index in [-0.39, 0.29) is 0 Å². The van der Waals surface area contributed by atoms with E-state index in [0.717, 1.165) is 12.8 Å². The summed E-state index contributed by atoms with van der Waals surface area (Å²) in [5.41, 5.74) is 6.94. The molecule has 0 unspecified atom stereocenters. The highest BCUT2D eigenvalue weighted by Gasteiger charge is 2.10. The zero-order valence-corrected chi connectivity index (χ0v) is 10.2. The number of aromatic nitrogens is 1. The van der Waals surface area contributed by atoms with E-state index in [2.05, 4.69) is 25.8 Å². The first kappa shape index (κ1) is 11.7. The Balaban J connectivity index is 2.79. The van der Waals surface area contributed by atoms with Crippen molar-refractivity contribution in [1.29, 1.82) is 0 Å². The second kappa shape index (κ2) is 5.47. The summed E-state index contributed by atoms with van der Waals surface area (Å²) in [6.07, 6.45) is 3.32. The normalized spacial score (nSPS) is 11.2. The molecule has 0 fully saturated rings. The highest BCUT2D eigenvalue weighted by Crippen LogP contribution is 2.21. The Labute approximate surface area is 90.6 Å². The SMILES string of the molecule is CCCc1nc(CC(C)C)c(CN)s1. The van der Waals surface area contributed by atoms with Gasteiger partial charge in [-0.3, -0.25) is 0 Å². The molecule has 0 amide bonds. The molecule has 0 aliphatic rings. The van der Waals surface area contributed by atoms with Crippen LogP contribution in [0.25, 0.3) is 0 Å². The standard InChI is InChI=1S/C11H20N2S/c1-4-5-11-13-9(6-8(2)3)10(7-12)14-11/h8H,4-7,12H2,1-3H3. The summed E-state index contributed by atoms with van der Waals surface area (Å²) >= 11 is 1.79. The van der Waals surface area contributed by atoms with Gasteiger partial charge in [0.1, 0.15) is 0 Å². The van der Waals surface area contributed by atoms with Crippen molar-refractivity contribution in [3.8, 4) is 0 Å². The molecule has 0 saturated carbocycles. The van der Waals surface area contributed by atoms with E-state index >= 15 is 0 Å². The average molecular weight is 212 g/mol. The monoisotopic (exact) mass is 212 g/mol. The van der Waals surface area contributed by atoms with Crippen molar-refractivity contribution >= 4 is 11.3 Å². The number of nitrogens with zero attached hydrogens (tertiary/aromatic N) is 1. The lowest BCUT2D eigenvalue weighted by atomic mass is 10.1. The molecule has 3 heteroatoms. The Kier molecular flexibility index (Phi) is 4.55. The third-order valence-electron chi connectivity index (χ3n) is 2.07. The Bertz CT molecular complexity index is 279. The molecule has 1 heterocycles. The maximum absolute atomic E-state index is 5.71. The largest absolute Gasteiger partial charge is 0.326 e. The molecule has 0 aliphatic carbocycles. The molecule has 1 aromatic heterocycles.